The van der Waals surface area contributed by atoms with Crippen molar-refractivity contribution in [1.29, 1.82) is 0 Å². The second-order valence-electron chi connectivity index (χ2n) is 8.56. The van der Waals surface area contributed by atoms with Gasteiger partial charge in [-0.2, -0.15) is 0 Å². The van der Waals surface area contributed by atoms with Gasteiger partial charge in [-0.05, 0) is 38.9 Å². The fraction of sp³-hybridized carbons (Fsp3) is 0.889. The van der Waals surface area contributed by atoms with E-state index in [1.54, 1.807) is 20.8 Å². The maximum absolute atomic E-state index is 12.8. The van der Waals surface area contributed by atoms with Crippen molar-refractivity contribution >= 4 is 20.3 Å². The third-order valence-electron chi connectivity index (χ3n) is 5.52. The summed E-state index contributed by atoms with van der Waals surface area (Å²) in [7, 11) is -1.95. The Morgan fingerprint density at radius 3 is 2.12 bits per heavy atom. The number of β-lactam (4-membered cyclic amide) rings is 1. The summed E-state index contributed by atoms with van der Waals surface area (Å²) in [5.74, 6) is -0.264. The Morgan fingerprint density at radius 1 is 1.24 bits per heavy atom. The van der Waals surface area contributed by atoms with Gasteiger partial charge in [-0.25, -0.2) is 9.69 Å². The first-order valence-electron chi connectivity index (χ1n) is 9.34. The molecule has 0 aromatic rings. The van der Waals surface area contributed by atoms with Crippen LogP contribution < -0.4 is 0 Å². The minimum Gasteiger partial charge on any atom is -0.443 e. The standard InChI is InChI=1S/C18H33NO5Si/c1-8-25(9-2,10-3)24-13-14(18(7)11-22-12-18)19(15(13)20)16(21)23-17(4,5)6/h13-14H,8-12H2,1-7H3. The SMILES string of the molecule is CC[Si](CC)(CC)OC1C(=O)N(C(=O)OC(C)(C)C)C1C1(C)COC1. The van der Waals surface area contributed by atoms with Gasteiger partial charge in [-0.3, -0.25) is 4.79 Å². The lowest BCUT2D eigenvalue weighted by atomic mass is 9.72. The molecule has 6 nitrogen and oxygen atoms in total. The van der Waals surface area contributed by atoms with Crippen LogP contribution in [0, 0.1) is 5.41 Å². The Hall–Kier alpha value is -0.923. The van der Waals surface area contributed by atoms with Gasteiger partial charge in [0.05, 0.1) is 19.3 Å². The normalized spacial score (nSPS) is 26.0. The summed E-state index contributed by atoms with van der Waals surface area (Å²) in [6, 6.07) is 2.60. The first-order chi connectivity index (χ1) is 11.5. The Balaban J connectivity index is 2.23. The van der Waals surface area contributed by atoms with Crippen molar-refractivity contribution in [1.82, 2.24) is 4.90 Å². The quantitative estimate of drug-likeness (QED) is 0.528. The predicted octanol–water partition coefficient (Wildman–Crippen LogP) is 3.56. The molecule has 2 aliphatic heterocycles. The highest BCUT2D eigenvalue weighted by molar-refractivity contribution is 6.73. The van der Waals surface area contributed by atoms with Gasteiger partial charge in [0.25, 0.3) is 5.91 Å². The van der Waals surface area contributed by atoms with Gasteiger partial charge in [-0.1, -0.05) is 27.7 Å². The van der Waals surface area contributed by atoms with Gasteiger partial charge in [0, 0.05) is 5.41 Å². The fourth-order valence-corrected chi connectivity index (χ4v) is 6.40. The highest BCUT2D eigenvalue weighted by Crippen LogP contribution is 2.44. The largest absolute Gasteiger partial charge is 0.443 e. The van der Waals surface area contributed by atoms with Crippen molar-refractivity contribution in [2.45, 2.75) is 84.3 Å². The highest BCUT2D eigenvalue weighted by Gasteiger charge is 2.63. The number of hydrogen-bond acceptors (Lipinski definition) is 5. The summed E-state index contributed by atoms with van der Waals surface area (Å²) in [4.78, 5) is 26.6. The van der Waals surface area contributed by atoms with Gasteiger partial charge in [-0.15, -0.1) is 0 Å². The number of carbonyl (C=O) groups excluding carboxylic acids is 2. The van der Waals surface area contributed by atoms with Gasteiger partial charge in [0.2, 0.25) is 0 Å². The summed E-state index contributed by atoms with van der Waals surface area (Å²) in [5, 5.41) is 0. The summed E-state index contributed by atoms with van der Waals surface area (Å²) >= 11 is 0. The van der Waals surface area contributed by atoms with Crippen molar-refractivity contribution < 1.29 is 23.5 Å². The van der Waals surface area contributed by atoms with Crippen LogP contribution in [-0.4, -0.2) is 56.2 Å². The zero-order valence-corrected chi connectivity index (χ0v) is 17.7. The average Bonchev–Trinajstić information content (AvgIpc) is 2.50. The van der Waals surface area contributed by atoms with E-state index in [0.29, 0.717) is 13.2 Å². The van der Waals surface area contributed by atoms with Gasteiger partial charge >= 0.3 is 6.09 Å². The number of amides is 2. The summed E-state index contributed by atoms with van der Waals surface area (Å²) < 4.78 is 17.3. The number of nitrogens with zero attached hydrogens (tertiary/aromatic N) is 1. The van der Waals surface area contributed by atoms with Gasteiger partial charge in [0.15, 0.2) is 8.32 Å². The van der Waals surface area contributed by atoms with Crippen LogP contribution in [0.4, 0.5) is 4.79 Å². The average molecular weight is 372 g/mol. The Morgan fingerprint density at radius 2 is 1.76 bits per heavy atom. The van der Waals surface area contributed by atoms with Crippen molar-refractivity contribution in [3.05, 3.63) is 0 Å². The lowest BCUT2D eigenvalue weighted by Gasteiger charge is -2.57. The molecule has 2 saturated heterocycles. The van der Waals surface area contributed by atoms with E-state index >= 15 is 0 Å². The van der Waals surface area contributed by atoms with Crippen molar-refractivity contribution in [2.24, 2.45) is 5.41 Å². The van der Waals surface area contributed by atoms with Crippen LogP contribution >= 0.6 is 0 Å². The fourth-order valence-electron chi connectivity index (χ4n) is 3.63. The molecule has 2 fully saturated rings. The molecule has 0 saturated carbocycles. The first-order valence-corrected chi connectivity index (χ1v) is 11.9. The number of rotatable bonds is 6. The van der Waals surface area contributed by atoms with Crippen LogP contribution in [0.5, 0.6) is 0 Å². The molecule has 2 heterocycles. The van der Waals surface area contributed by atoms with Crippen molar-refractivity contribution in [2.75, 3.05) is 13.2 Å². The van der Waals surface area contributed by atoms with Gasteiger partial charge < -0.3 is 13.9 Å². The number of imide groups is 1. The van der Waals surface area contributed by atoms with Crippen LogP contribution in [-0.2, 0) is 18.7 Å². The van der Waals surface area contributed by atoms with Crippen LogP contribution in [0.25, 0.3) is 0 Å². The van der Waals surface area contributed by atoms with Crippen molar-refractivity contribution in [3.8, 4) is 0 Å². The third kappa shape index (κ3) is 3.78. The molecule has 0 radical (unpaired) electrons. The Kier molecular flexibility index (Phi) is 5.71. The maximum atomic E-state index is 12.8. The van der Waals surface area contributed by atoms with Crippen LogP contribution in [0.15, 0.2) is 0 Å². The van der Waals surface area contributed by atoms with E-state index in [1.165, 1.54) is 4.90 Å². The molecule has 2 aliphatic rings. The summed E-state index contributed by atoms with van der Waals surface area (Å²) in [5.41, 5.74) is -0.898. The molecule has 2 unspecified atom stereocenters. The van der Waals surface area contributed by atoms with Crippen LogP contribution in [0.3, 0.4) is 0 Å². The second kappa shape index (κ2) is 7.00. The maximum Gasteiger partial charge on any atom is 0.417 e. The van der Waals surface area contributed by atoms with E-state index in [4.69, 9.17) is 13.9 Å². The summed E-state index contributed by atoms with van der Waals surface area (Å²) in [6.07, 6.45) is -1.12. The minimum absolute atomic E-state index is 0.259. The molecule has 7 heteroatoms. The molecule has 0 spiro atoms. The van der Waals surface area contributed by atoms with E-state index in [0.717, 1.165) is 18.1 Å². The van der Waals surface area contributed by atoms with Crippen LogP contribution in [0.2, 0.25) is 18.1 Å². The predicted molar refractivity (Wildman–Crippen MR) is 97.9 cm³/mol. The molecule has 25 heavy (non-hydrogen) atoms. The molecule has 0 aliphatic carbocycles. The monoisotopic (exact) mass is 371 g/mol. The van der Waals surface area contributed by atoms with E-state index in [-0.39, 0.29) is 17.4 Å². The molecule has 144 valence electrons. The lowest BCUT2D eigenvalue weighted by molar-refractivity contribution is -0.205. The zero-order chi connectivity index (χ0) is 19.0. The number of carbonyl (C=O) groups is 2. The smallest absolute Gasteiger partial charge is 0.417 e. The van der Waals surface area contributed by atoms with E-state index in [2.05, 4.69) is 27.7 Å². The second-order valence-corrected chi connectivity index (χ2v) is 13.3. The number of hydrogen-bond donors (Lipinski definition) is 0. The zero-order valence-electron chi connectivity index (χ0n) is 16.7. The molecule has 0 N–H and O–H groups in total. The highest BCUT2D eigenvalue weighted by atomic mass is 28.4. The Labute approximate surface area is 152 Å². The molecule has 2 atom stereocenters. The number of likely N-dealkylation sites (tertiary alicyclic amines) is 1. The first kappa shape index (κ1) is 20.4. The van der Waals surface area contributed by atoms with E-state index in [1.807, 2.05) is 0 Å². The summed E-state index contributed by atoms with van der Waals surface area (Å²) in [6.45, 7) is 14.9. The molecular weight excluding hydrogens is 338 g/mol. The topological polar surface area (TPSA) is 65.1 Å². The molecule has 2 amide bonds. The van der Waals surface area contributed by atoms with Crippen LogP contribution in [0.1, 0.15) is 48.5 Å². The number of ether oxygens (including phenoxy) is 2. The third-order valence-corrected chi connectivity index (χ3v) is 10.1. The minimum atomic E-state index is -1.95. The molecule has 0 aromatic carbocycles. The molecule has 0 bridgehead atoms. The van der Waals surface area contributed by atoms with Gasteiger partial charge in [0.1, 0.15) is 11.7 Å². The molecule has 2 rings (SSSR count). The Bertz CT molecular complexity index is 514. The van der Waals surface area contributed by atoms with E-state index in [9.17, 15) is 9.59 Å². The van der Waals surface area contributed by atoms with Crippen molar-refractivity contribution in [3.63, 3.8) is 0 Å². The molecular formula is C18H33NO5Si. The lowest BCUT2D eigenvalue weighted by Crippen LogP contribution is -2.77. The molecule has 0 aromatic heterocycles. The van der Waals surface area contributed by atoms with E-state index < -0.39 is 26.1 Å².